The van der Waals surface area contributed by atoms with Crippen molar-refractivity contribution in [2.24, 2.45) is 0 Å². The molecule has 0 radical (unpaired) electrons. The second kappa shape index (κ2) is 10.7. The molecular weight excluding hydrogens is 474 g/mol. The van der Waals surface area contributed by atoms with Gasteiger partial charge in [0.05, 0.1) is 0 Å². The van der Waals surface area contributed by atoms with Crippen LogP contribution in [0.25, 0.3) is 22.6 Å². The topological polar surface area (TPSA) is 73.6 Å². The van der Waals surface area contributed by atoms with Crippen LogP contribution in [0, 0.1) is 0 Å². The van der Waals surface area contributed by atoms with Crippen LogP contribution in [-0.4, -0.2) is 39.1 Å². The van der Waals surface area contributed by atoms with Gasteiger partial charge in [0.2, 0.25) is 5.89 Å². The number of benzene rings is 4. The maximum Gasteiger partial charge on any atom is 0.255 e. The number of anilines is 4. The van der Waals surface area contributed by atoms with Crippen LogP contribution in [0.1, 0.15) is 15.9 Å². The van der Waals surface area contributed by atoms with Crippen LogP contribution in [-0.2, 0) is 6.54 Å². The molecule has 5 aromatic rings. The van der Waals surface area contributed by atoms with Crippen LogP contribution in [0.4, 0.5) is 22.7 Å². The maximum atomic E-state index is 12.7. The van der Waals surface area contributed by atoms with Gasteiger partial charge in [-0.25, -0.2) is 4.98 Å². The minimum atomic E-state index is -0.175. The van der Waals surface area contributed by atoms with Crippen molar-refractivity contribution in [1.82, 2.24) is 4.98 Å². The number of amides is 1. The minimum absolute atomic E-state index is 0.175. The van der Waals surface area contributed by atoms with Gasteiger partial charge in [-0.05, 0) is 78.4 Å². The second-order valence-electron chi connectivity index (χ2n) is 9.59. The molecule has 1 amide bonds. The van der Waals surface area contributed by atoms with Gasteiger partial charge >= 0.3 is 0 Å². The molecule has 0 fully saturated rings. The molecule has 7 heteroatoms. The summed E-state index contributed by atoms with van der Waals surface area (Å²) in [4.78, 5) is 21.4. The fourth-order valence-electron chi connectivity index (χ4n) is 4.09. The smallest absolute Gasteiger partial charge is 0.255 e. The summed E-state index contributed by atoms with van der Waals surface area (Å²) >= 11 is 0. The quantitative estimate of drug-likeness (QED) is 0.251. The van der Waals surface area contributed by atoms with Gasteiger partial charge in [0, 0.05) is 74.7 Å². The Morgan fingerprint density at radius 3 is 2.00 bits per heavy atom. The van der Waals surface area contributed by atoms with Gasteiger partial charge < -0.3 is 24.9 Å². The normalized spacial score (nSPS) is 10.8. The Morgan fingerprint density at radius 1 is 0.763 bits per heavy atom. The van der Waals surface area contributed by atoms with Crippen molar-refractivity contribution < 1.29 is 9.21 Å². The number of oxazole rings is 1. The molecule has 192 valence electrons. The van der Waals surface area contributed by atoms with Gasteiger partial charge in [0.15, 0.2) is 5.58 Å². The molecule has 0 atom stereocenters. The van der Waals surface area contributed by atoms with Gasteiger partial charge in [-0.2, -0.15) is 0 Å². The minimum Gasteiger partial charge on any atom is -0.436 e. The van der Waals surface area contributed by atoms with E-state index in [0.29, 0.717) is 22.7 Å². The summed E-state index contributed by atoms with van der Waals surface area (Å²) in [6.45, 7) is 0.740. The summed E-state index contributed by atoms with van der Waals surface area (Å²) in [7, 11) is 8.01. The second-order valence-corrected chi connectivity index (χ2v) is 9.59. The van der Waals surface area contributed by atoms with Gasteiger partial charge in [-0.1, -0.05) is 12.1 Å². The lowest BCUT2D eigenvalue weighted by Gasteiger charge is -2.13. The molecule has 0 spiro atoms. The number of fused-ring (bicyclic) bond motifs is 1. The summed E-state index contributed by atoms with van der Waals surface area (Å²) in [6.07, 6.45) is 0. The van der Waals surface area contributed by atoms with E-state index in [-0.39, 0.29) is 5.91 Å². The number of carbonyl (C=O) groups excluding carboxylic acids is 1. The predicted molar refractivity (Wildman–Crippen MR) is 156 cm³/mol. The highest BCUT2D eigenvalue weighted by Gasteiger charge is 2.12. The molecule has 1 aromatic heterocycles. The van der Waals surface area contributed by atoms with Crippen molar-refractivity contribution in [3.05, 3.63) is 102 Å². The van der Waals surface area contributed by atoms with Crippen molar-refractivity contribution >= 4 is 39.8 Å². The van der Waals surface area contributed by atoms with E-state index >= 15 is 0 Å². The zero-order valence-electron chi connectivity index (χ0n) is 22.0. The molecule has 0 aliphatic carbocycles. The van der Waals surface area contributed by atoms with E-state index < -0.39 is 0 Å². The Balaban J connectivity index is 1.24. The molecule has 0 bridgehead atoms. The largest absolute Gasteiger partial charge is 0.436 e. The van der Waals surface area contributed by atoms with E-state index in [1.54, 1.807) is 6.07 Å². The SMILES string of the molecule is CN(C)c1ccc(CNc2ccc(-c3nc4ccc(NC(=O)c5ccc(N(C)C)cc5)cc4o3)cc2)cc1. The third-order valence-corrected chi connectivity index (χ3v) is 6.37. The van der Waals surface area contributed by atoms with Crippen LogP contribution in [0.15, 0.2) is 95.4 Å². The number of nitrogens with one attached hydrogen (secondary N) is 2. The average molecular weight is 506 g/mol. The molecule has 0 unspecified atom stereocenters. The first-order chi connectivity index (χ1) is 18.4. The summed E-state index contributed by atoms with van der Waals surface area (Å²) in [6, 6.07) is 29.5. The van der Waals surface area contributed by atoms with E-state index in [9.17, 15) is 4.79 Å². The van der Waals surface area contributed by atoms with E-state index in [4.69, 9.17) is 4.42 Å². The number of hydrogen-bond acceptors (Lipinski definition) is 6. The summed E-state index contributed by atoms with van der Waals surface area (Å²) in [5, 5.41) is 6.40. The standard InChI is InChI=1S/C31H31N5O2/c1-35(2)26-14-5-21(6-15-26)20-32-24-11-7-23(8-12-24)31-34-28-18-13-25(19-29(28)38-31)33-30(37)22-9-16-27(17-10-22)36(3)4/h5-19,32H,20H2,1-4H3,(H,33,37). The van der Waals surface area contributed by atoms with Gasteiger partial charge in [0.1, 0.15) is 5.52 Å². The van der Waals surface area contributed by atoms with Crippen molar-refractivity contribution in [2.75, 3.05) is 48.6 Å². The molecule has 38 heavy (non-hydrogen) atoms. The summed E-state index contributed by atoms with van der Waals surface area (Å²) in [5.74, 6) is 0.361. The number of nitrogens with zero attached hydrogens (tertiary/aromatic N) is 3. The Bertz CT molecular complexity index is 1540. The van der Waals surface area contributed by atoms with Crippen molar-refractivity contribution in [3.63, 3.8) is 0 Å². The molecule has 0 aliphatic rings. The van der Waals surface area contributed by atoms with Crippen molar-refractivity contribution in [1.29, 1.82) is 0 Å². The van der Waals surface area contributed by atoms with Crippen LogP contribution < -0.4 is 20.4 Å². The van der Waals surface area contributed by atoms with Crippen LogP contribution in [0.2, 0.25) is 0 Å². The zero-order chi connectivity index (χ0) is 26.6. The number of hydrogen-bond donors (Lipinski definition) is 2. The monoisotopic (exact) mass is 505 g/mol. The Hall–Kier alpha value is -4.78. The first kappa shape index (κ1) is 24.9. The third-order valence-electron chi connectivity index (χ3n) is 6.37. The van der Waals surface area contributed by atoms with Gasteiger partial charge in [-0.15, -0.1) is 0 Å². The fraction of sp³-hybridized carbons (Fsp3) is 0.161. The Morgan fingerprint density at radius 2 is 1.37 bits per heavy atom. The molecule has 4 aromatic carbocycles. The molecule has 0 aliphatic heterocycles. The molecule has 1 heterocycles. The lowest BCUT2D eigenvalue weighted by atomic mass is 10.1. The van der Waals surface area contributed by atoms with Gasteiger partial charge in [0.25, 0.3) is 5.91 Å². The van der Waals surface area contributed by atoms with Crippen LogP contribution in [0.3, 0.4) is 0 Å². The molecular formula is C31H31N5O2. The van der Waals surface area contributed by atoms with Crippen molar-refractivity contribution in [3.8, 4) is 11.5 Å². The Labute approximate surface area is 222 Å². The van der Waals surface area contributed by atoms with Gasteiger partial charge in [-0.3, -0.25) is 4.79 Å². The van der Waals surface area contributed by atoms with Crippen LogP contribution >= 0.6 is 0 Å². The van der Waals surface area contributed by atoms with E-state index in [1.165, 1.54) is 11.3 Å². The lowest BCUT2D eigenvalue weighted by molar-refractivity contribution is 0.102. The highest BCUT2D eigenvalue weighted by molar-refractivity contribution is 6.05. The predicted octanol–water partition coefficient (Wildman–Crippen LogP) is 6.49. The number of rotatable bonds is 8. The Kier molecular flexibility index (Phi) is 7.00. The average Bonchev–Trinajstić information content (AvgIpc) is 3.36. The number of aromatic nitrogens is 1. The summed E-state index contributed by atoms with van der Waals surface area (Å²) in [5.41, 5.74) is 7.93. The molecule has 0 saturated carbocycles. The molecule has 7 nitrogen and oxygen atoms in total. The highest BCUT2D eigenvalue weighted by atomic mass is 16.3. The molecule has 0 saturated heterocycles. The first-order valence-electron chi connectivity index (χ1n) is 12.5. The lowest BCUT2D eigenvalue weighted by Crippen LogP contribution is -2.13. The third kappa shape index (κ3) is 5.62. The van der Waals surface area contributed by atoms with Crippen LogP contribution in [0.5, 0.6) is 0 Å². The summed E-state index contributed by atoms with van der Waals surface area (Å²) < 4.78 is 6.03. The van der Waals surface area contributed by atoms with E-state index in [1.807, 2.05) is 93.8 Å². The zero-order valence-corrected chi connectivity index (χ0v) is 22.0. The van der Waals surface area contributed by atoms with E-state index in [0.717, 1.165) is 29.0 Å². The fourth-order valence-corrected chi connectivity index (χ4v) is 4.09. The number of carbonyl (C=O) groups is 1. The maximum absolute atomic E-state index is 12.7. The van der Waals surface area contributed by atoms with Crippen molar-refractivity contribution in [2.45, 2.75) is 6.54 Å². The highest BCUT2D eigenvalue weighted by Crippen LogP contribution is 2.28. The van der Waals surface area contributed by atoms with E-state index in [2.05, 4.69) is 44.8 Å². The molecule has 5 rings (SSSR count). The first-order valence-corrected chi connectivity index (χ1v) is 12.5. The molecule has 2 N–H and O–H groups in total.